The lowest BCUT2D eigenvalue weighted by molar-refractivity contribution is -0.153. The molecule has 1 unspecified atom stereocenters. The quantitative estimate of drug-likeness (QED) is 0.346. The molecule has 2 N–H and O–H groups in total. The lowest BCUT2D eigenvalue weighted by atomic mass is 10.0. The molecular weight excluding hydrogens is 490 g/mol. The molecule has 3 heterocycles. The first-order valence-corrected chi connectivity index (χ1v) is 13.6. The number of nitrogens with two attached hydrogens (primary N) is 1. The molecule has 8 heteroatoms. The van der Waals surface area contributed by atoms with Crippen LogP contribution in [0.3, 0.4) is 0 Å². The van der Waals surface area contributed by atoms with Gasteiger partial charge in [0.2, 0.25) is 5.91 Å². The maximum absolute atomic E-state index is 13.7. The van der Waals surface area contributed by atoms with Gasteiger partial charge >= 0.3 is 5.97 Å². The monoisotopic (exact) mass is 515 g/mol. The van der Waals surface area contributed by atoms with E-state index in [-0.39, 0.29) is 11.3 Å². The van der Waals surface area contributed by atoms with E-state index >= 15 is 0 Å². The number of thioether (sulfide) groups is 2. The first kappa shape index (κ1) is 24.4. The van der Waals surface area contributed by atoms with Crippen LogP contribution in [0.1, 0.15) is 22.8 Å². The molecule has 2 atom stereocenters. The molecular formula is C28H25N3O3S2. The zero-order valence-corrected chi connectivity index (χ0v) is 21.0. The van der Waals surface area contributed by atoms with Gasteiger partial charge in [-0.05, 0) is 39.8 Å². The molecule has 1 fully saturated rings. The Morgan fingerprint density at radius 3 is 2.44 bits per heavy atom. The number of esters is 1. The van der Waals surface area contributed by atoms with Crippen LogP contribution in [-0.4, -0.2) is 44.7 Å². The van der Waals surface area contributed by atoms with Crippen molar-refractivity contribution in [2.45, 2.75) is 17.5 Å². The SMILES string of the molecule is NC1C(=O)N2C(C(=O)OC(c3ccccc3)c3ccccc3)=C(CS/C=C\c3cccnc3)CS[C@@H]12. The summed E-state index contributed by atoms with van der Waals surface area (Å²) < 4.78 is 6.13. The summed E-state index contributed by atoms with van der Waals surface area (Å²) in [4.78, 5) is 32.1. The second kappa shape index (κ2) is 11.2. The fraction of sp³-hybridized carbons (Fsp3) is 0.179. The second-order valence-corrected chi connectivity index (χ2v) is 10.4. The van der Waals surface area contributed by atoms with Gasteiger partial charge in [0.25, 0.3) is 0 Å². The van der Waals surface area contributed by atoms with Crippen LogP contribution >= 0.6 is 23.5 Å². The van der Waals surface area contributed by atoms with E-state index in [9.17, 15) is 9.59 Å². The number of benzene rings is 2. The van der Waals surface area contributed by atoms with Crippen LogP contribution in [0.5, 0.6) is 0 Å². The van der Waals surface area contributed by atoms with E-state index in [1.807, 2.05) is 84.3 Å². The highest BCUT2D eigenvalue weighted by Gasteiger charge is 2.52. The van der Waals surface area contributed by atoms with Gasteiger partial charge in [-0.15, -0.1) is 23.5 Å². The number of β-lactam (4-membered cyclic amide) rings is 1. The normalized spacial score (nSPS) is 19.4. The predicted octanol–water partition coefficient (Wildman–Crippen LogP) is 4.61. The van der Waals surface area contributed by atoms with E-state index in [4.69, 9.17) is 10.5 Å². The molecule has 1 aromatic heterocycles. The molecule has 2 aliphatic heterocycles. The summed E-state index contributed by atoms with van der Waals surface area (Å²) in [6, 6.07) is 22.5. The molecule has 2 aromatic carbocycles. The van der Waals surface area contributed by atoms with Gasteiger partial charge in [-0.1, -0.05) is 66.7 Å². The Morgan fingerprint density at radius 1 is 1.11 bits per heavy atom. The van der Waals surface area contributed by atoms with Crippen molar-refractivity contribution in [3.63, 3.8) is 0 Å². The topological polar surface area (TPSA) is 85.5 Å². The summed E-state index contributed by atoms with van der Waals surface area (Å²) in [5.74, 6) is 0.414. The molecule has 0 saturated carbocycles. The molecule has 0 spiro atoms. The van der Waals surface area contributed by atoms with E-state index < -0.39 is 18.1 Å². The van der Waals surface area contributed by atoms with Crippen molar-refractivity contribution in [1.29, 1.82) is 0 Å². The third-order valence-electron chi connectivity index (χ3n) is 6.01. The van der Waals surface area contributed by atoms with Gasteiger partial charge in [0, 0.05) is 23.9 Å². The first-order valence-electron chi connectivity index (χ1n) is 11.5. The van der Waals surface area contributed by atoms with Gasteiger partial charge in [-0.25, -0.2) is 4.79 Å². The number of carbonyl (C=O) groups is 2. The van der Waals surface area contributed by atoms with Crippen molar-refractivity contribution < 1.29 is 14.3 Å². The van der Waals surface area contributed by atoms with E-state index in [2.05, 4.69) is 4.98 Å². The molecule has 0 aliphatic carbocycles. The molecule has 6 nitrogen and oxygen atoms in total. The molecule has 1 amide bonds. The third-order valence-corrected chi connectivity index (χ3v) is 8.21. The highest BCUT2D eigenvalue weighted by atomic mass is 32.2. The molecule has 2 aliphatic rings. The molecule has 3 aromatic rings. The van der Waals surface area contributed by atoms with Gasteiger partial charge < -0.3 is 10.5 Å². The minimum absolute atomic E-state index is 0.244. The maximum Gasteiger partial charge on any atom is 0.356 e. The van der Waals surface area contributed by atoms with E-state index in [0.717, 1.165) is 22.3 Å². The molecule has 36 heavy (non-hydrogen) atoms. The van der Waals surface area contributed by atoms with E-state index in [0.29, 0.717) is 17.2 Å². The zero-order chi connectivity index (χ0) is 24.9. The first-order chi connectivity index (χ1) is 17.6. The predicted molar refractivity (Wildman–Crippen MR) is 145 cm³/mol. The fourth-order valence-electron chi connectivity index (χ4n) is 4.18. The average molecular weight is 516 g/mol. The summed E-state index contributed by atoms with van der Waals surface area (Å²) in [6.45, 7) is 0. The molecule has 1 saturated heterocycles. The second-order valence-electron chi connectivity index (χ2n) is 8.39. The maximum atomic E-state index is 13.7. The molecule has 0 bridgehead atoms. The van der Waals surface area contributed by atoms with Crippen molar-refractivity contribution >= 4 is 41.5 Å². The number of fused-ring (bicyclic) bond motifs is 1. The van der Waals surface area contributed by atoms with Crippen LogP contribution in [0.15, 0.2) is 102 Å². The number of amides is 1. The van der Waals surface area contributed by atoms with Crippen LogP contribution in [-0.2, 0) is 14.3 Å². The van der Waals surface area contributed by atoms with Crippen LogP contribution < -0.4 is 5.73 Å². The van der Waals surface area contributed by atoms with Gasteiger partial charge in [0.1, 0.15) is 17.1 Å². The van der Waals surface area contributed by atoms with Crippen molar-refractivity contribution in [3.05, 3.63) is 119 Å². The third kappa shape index (κ3) is 5.11. The van der Waals surface area contributed by atoms with E-state index in [1.165, 1.54) is 4.90 Å². The van der Waals surface area contributed by atoms with Crippen LogP contribution in [0, 0.1) is 0 Å². The van der Waals surface area contributed by atoms with Crippen molar-refractivity contribution in [3.8, 4) is 0 Å². The van der Waals surface area contributed by atoms with Gasteiger partial charge in [0.05, 0.1) is 0 Å². The van der Waals surface area contributed by atoms with Gasteiger partial charge in [-0.3, -0.25) is 14.7 Å². The smallest absolute Gasteiger partial charge is 0.356 e. The fourth-order valence-corrected chi connectivity index (χ4v) is 6.39. The Hall–Kier alpha value is -3.33. The highest BCUT2D eigenvalue weighted by molar-refractivity contribution is 8.02. The number of carbonyl (C=O) groups excluding carboxylic acids is 2. The summed E-state index contributed by atoms with van der Waals surface area (Å²) in [5, 5.41) is 1.73. The van der Waals surface area contributed by atoms with Crippen LogP contribution in [0.25, 0.3) is 6.08 Å². The van der Waals surface area contributed by atoms with Crippen molar-refractivity contribution in [2.24, 2.45) is 5.73 Å². The van der Waals surface area contributed by atoms with E-state index in [1.54, 1.807) is 35.9 Å². The Kier molecular flexibility index (Phi) is 7.55. The number of hydrogen-bond acceptors (Lipinski definition) is 7. The number of hydrogen-bond donors (Lipinski definition) is 1. The average Bonchev–Trinajstić information content (AvgIpc) is 2.94. The number of nitrogens with zero attached hydrogens (tertiary/aromatic N) is 2. The van der Waals surface area contributed by atoms with Gasteiger partial charge in [0.15, 0.2) is 6.10 Å². The van der Waals surface area contributed by atoms with Crippen LogP contribution in [0.2, 0.25) is 0 Å². The summed E-state index contributed by atoms with van der Waals surface area (Å²) >= 11 is 3.15. The Bertz CT molecular complexity index is 1240. The Balaban J connectivity index is 1.41. The molecule has 0 radical (unpaired) electrons. The number of ether oxygens (including phenoxy) is 1. The summed E-state index contributed by atoms with van der Waals surface area (Å²) in [5.41, 5.74) is 9.95. The standard InChI is InChI=1S/C28H25N3O3S2/c29-23-26(32)31-24(22(18-36-27(23)31)17-35-15-13-19-8-7-14-30-16-19)28(33)34-25(20-9-3-1-4-10-20)21-11-5-2-6-12-21/h1-16,23,25,27H,17-18,29H2/b15-13-/t23?,27-/m0/s1. The number of aromatic nitrogens is 1. The minimum atomic E-state index is -0.600. The van der Waals surface area contributed by atoms with Crippen molar-refractivity contribution in [1.82, 2.24) is 9.88 Å². The number of rotatable bonds is 8. The lowest BCUT2D eigenvalue weighted by Crippen LogP contribution is -2.68. The largest absolute Gasteiger partial charge is 0.448 e. The van der Waals surface area contributed by atoms with Gasteiger partial charge in [-0.2, -0.15) is 0 Å². The Labute approximate surface area is 218 Å². The Morgan fingerprint density at radius 2 is 1.81 bits per heavy atom. The minimum Gasteiger partial charge on any atom is -0.448 e. The van der Waals surface area contributed by atoms with Crippen molar-refractivity contribution in [2.75, 3.05) is 11.5 Å². The van der Waals surface area contributed by atoms with Crippen LogP contribution in [0.4, 0.5) is 0 Å². The summed E-state index contributed by atoms with van der Waals surface area (Å²) in [6.07, 6.45) is 4.90. The molecule has 182 valence electrons. The number of pyridine rings is 1. The summed E-state index contributed by atoms with van der Waals surface area (Å²) in [7, 11) is 0. The molecule has 5 rings (SSSR count). The zero-order valence-electron chi connectivity index (χ0n) is 19.4. The highest BCUT2D eigenvalue weighted by Crippen LogP contribution is 2.41. The lowest BCUT2D eigenvalue weighted by Gasteiger charge is -2.48.